The number of carbonyl (C=O) groups is 2. The van der Waals surface area contributed by atoms with Crippen LogP contribution in [0.5, 0.6) is 0 Å². The number of thioether (sulfide) groups is 1. The van der Waals surface area contributed by atoms with Crippen molar-refractivity contribution in [3.8, 4) is 0 Å². The van der Waals surface area contributed by atoms with Gasteiger partial charge in [-0.05, 0) is 31.2 Å². The molecule has 18 heavy (non-hydrogen) atoms. The van der Waals surface area contributed by atoms with Gasteiger partial charge in [0.25, 0.3) is 0 Å². The minimum Gasteiger partial charge on any atom is -0.480 e. The number of rotatable bonds is 5. The first-order valence-corrected chi connectivity index (χ1v) is 6.18. The SMILES string of the molecule is CC(C)(C)NC(=O)CSc1nnnn1CC(=O)O. The van der Waals surface area contributed by atoms with Crippen LogP contribution in [0.2, 0.25) is 0 Å². The molecular formula is C9H15N5O3S. The summed E-state index contributed by atoms with van der Waals surface area (Å²) >= 11 is 1.10. The van der Waals surface area contributed by atoms with Crippen molar-refractivity contribution in [3.05, 3.63) is 0 Å². The van der Waals surface area contributed by atoms with Crippen LogP contribution in [0.4, 0.5) is 0 Å². The average molecular weight is 273 g/mol. The summed E-state index contributed by atoms with van der Waals surface area (Å²) in [6, 6.07) is 0. The van der Waals surface area contributed by atoms with Gasteiger partial charge in [0.2, 0.25) is 11.1 Å². The molecule has 0 aromatic carbocycles. The number of tetrazole rings is 1. The second kappa shape index (κ2) is 5.80. The van der Waals surface area contributed by atoms with Crippen molar-refractivity contribution < 1.29 is 14.7 Å². The molecule has 0 atom stereocenters. The van der Waals surface area contributed by atoms with Crippen molar-refractivity contribution in [2.75, 3.05) is 5.75 Å². The van der Waals surface area contributed by atoms with Gasteiger partial charge in [-0.1, -0.05) is 11.8 Å². The van der Waals surface area contributed by atoms with Crippen LogP contribution in [0, 0.1) is 0 Å². The van der Waals surface area contributed by atoms with Crippen LogP contribution >= 0.6 is 11.8 Å². The maximum Gasteiger partial charge on any atom is 0.325 e. The number of nitrogens with one attached hydrogen (secondary N) is 1. The monoisotopic (exact) mass is 273 g/mol. The van der Waals surface area contributed by atoms with Crippen molar-refractivity contribution in [1.29, 1.82) is 0 Å². The smallest absolute Gasteiger partial charge is 0.325 e. The zero-order valence-electron chi connectivity index (χ0n) is 10.4. The fourth-order valence-electron chi connectivity index (χ4n) is 1.11. The van der Waals surface area contributed by atoms with Crippen molar-refractivity contribution in [2.24, 2.45) is 0 Å². The van der Waals surface area contributed by atoms with E-state index in [0.717, 1.165) is 16.4 Å². The van der Waals surface area contributed by atoms with Gasteiger partial charge in [-0.3, -0.25) is 9.59 Å². The van der Waals surface area contributed by atoms with E-state index >= 15 is 0 Å². The number of aliphatic carboxylic acids is 1. The molecule has 0 fully saturated rings. The molecule has 9 heteroatoms. The van der Waals surface area contributed by atoms with Gasteiger partial charge >= 0.3 is 5.97 Å². The van der Waals surface area contributed by atoms with E-state index in [0.29, 0.717) is 5.16 Å². The second-order valence-electron chi connectivity index (χ2n) is 4.60. The highest BCUT2D eigenvalue weighted by Crippen LogP contribution is 2.13. The van der Waals surface area contributed by atoms with Gasteiger partial charge in [0.1, 0.15) is 6.54 Å². The summed E-state index contributed by atoms with van der Waals surface area (Å²) in [4.78, 5) is 22.1. The Bertz CT molecular complexity index is 440. The van der Waals surface area contributed by atoms with Crippen molar-refractivity contribution in [3.63, 3.8) is 0 Å². The Balaban J connectivity index is 2.51. The zero-order valence-corrected chi connectivity index (χ0v) is 11.2. The van der Waals surface area contributed by atoms with Crippen LogP contribution in [0.3, 0.4) is 0 Å². The Morgan fingerprint density at radius 2 is 2.11 bits per heavy atom. The summed E-state index contributed by atoms with van der Waals surface area (Å²) < 4.78 is 1.14. The summed E-state index contributed by atoms with van der Waals surface area (Å²) in [5, 5.41) is 22.3. The molecule has 0 saturated carbocycles. The Morgan fingerprint density at radius 3 is 2.67 bits per heavy atom. The standard InChI is InChI=1S/C9H15N5O3S/c1-9(2,3)10-6(15)5-18-8-11-12-13-14(8)4-7(16)17/h4-5H2,1-3H3,(H,10,15)(H,16,17). The molecule has 0 unspecified atom stereocenters. The molecule has 2 N–H and O–H groups in total. The third-order valence-electron chi connectivity index (χ3n) is 1.63. The molecule has 1 aromatic rings. The first kappa shape index (κ1) is 14.4. The lowest BCUT2D eigenvalue weighted by Crippen LogP contribution is -2.41. The maximum atomic E-state index is 11.6. The van der Waals surface area contributed by atoms with Gasteiger partial charge in [0, 0.05) is 5.54 Å². The van der Waals surface area contributed by atoms with E-state index in [1.807, 2.05) is 20.8 Å². The number of amides is 1. The molecule has 8 nitrogen and oxygen atoms in total. The predicted molar refractivity (Wildman–Crippen MR) is 64.1 cm³/mol. The molecule has 100 valence electrons. The Hall–Kier alpha value is -1.64. The lowest BCUT2D eigenvalue weighted by molar-refractivity contribution is -0.138. The number of carbonyl (C=O) groups excluding carboxylic acids is 1. The van der Waals surface area contributed by atoms with Gasteiger partial charge in [-0.2, -0.15) is 0 Å². The van der Waals surface area contributed by atoms with Gasteiger partial charge in [-0.15, -0.1) is 5.10 Å². The molecule has 0 aliphatic carbocycles. The second-order valence-corrected chi connectivity index (χ2v) is 5.54. The fourth-order valence-corrected chi connectivity index (χ4v) is 1.79. The summed E-state index contributed by atoms with van der Waals surface area (Å²) in [7, 11) is 0. The molecule has 0 aliphatic heterocycles. The van der Waals surface area contributed by atoms with Crippen LogP contribution in [0.15, 0.2) is 5.16 Å². The van der Waals surface area contributed by atoms with Gasteiger partial charge in [-0.25, -0.2) is 4.68 Å². The molecule has 1 rings (SSSR count). The minimum atomic E-state index is -1.04. The van der Waals surface area contributed by atoms with Crippen LogP contribution < -0.4 is 5.32 Å². The summed E-state index contributed by atoms with van der Waals surface area (Å²) in [5.74, 6) is -1.06. The first-order chi connectivity index (χ1) is 8.28. The molecule has 0 spiro atoms. The third-order valence-corrected chi connectivity index (χ3v) is 2.59. The normalized spacial score (nSPS) is 11.3. The van der Waals surface area contributed by atoms with Gasteiger partial charge in [0.15, 0.2) is 0 Å². The van der Waals surface area contributed by atoms with Crippen molar-refractivity contribution in [2.45, 2.75) is 38.0 Å². The Kier molecular flexibility index (Phi) is 4.65. The quantitative estimate of drug-likeness (QED) is 0.712. The number of nitrogens with zero attached hydrogens (tertiary/aromatic N) is 4. The fraction of sp³-hybridized carbons (Fsp3) is 0.667. The summed E-state index contributed by atoms with van der Waals surface area (Å²) in [6.45, 7) is 5.31. The Morgan fingerprint density at radius 1 is 1.44 bits per heavy atom. The highest BCUT2D eigenvalue weighted by atomic mass is 32.2. The van der Waals surface area contributed by atoms with Crippen molar-refractivity contribution in [1.82, 2.24) is 25.5 Å². The molecular weight excluding hydrogens is 258 g/mol. The zero-order chi connectivity index (χ0) is 13.8. The maximum absolute atomic E-state index is 11.6. The highest BCUT2D eigenvalue weighted by Gasteiger charge is 2.16. The number of aromatic nitrogens is 4. The number of carboxylic acid groups (broad SMARTS) is 1. The van der Waals surface area contributed by atoms with Crippen LogP contribution in [-0.4, -0.2) is 48.5 Å². The van der Waals surface area contributed by atoms with Gasteiger partial charge < -0.3 is 10.4 Å². The van der Waals surface area contributed by atoms with Crippen molar-refractivity contribution >= 4 is 23.6 Å². The number of hydrogen-bond donors (Lipinski definition) is 2. The lowest BCUT2D eigenvalue weighted by Gasteiger charge is -2.20. The minimum absolute atomic E-state index is 0.136. The Labute approximate surface area is 108 Å². The molecule has 0 aliphatic rings. The molecule has 1 amide bonds. The lowest BCUT2D eigenvalue weighted by atomic mass is 10.1. The van der Waals surface area contributed by atoms with Crippen LogP contribution in [0.25, 0.3) is 0 Å². The number of hydrogen-bond acceptors (Lipinski definition) is 6. The predicted octanol–water partition coefficient (Wildman–Crippen LogP) is -0.235. The summed E-state index contributed by atoms with van der Waals surface area (Å²) in [5.41, 5.74) is -0.301. The molecule has 1 heterocycles. The van der Waals surface area contributed by atoms with Crippen LogP contribution in [-0.2, 0) is 16.1 Å². The van der Waals surface area contributed by atoms with E-state index in [9.17, 15) is 9.59 Å². The molecule has 0 saturated heterocycles. The molecule has 1 aromatic heterocycles. The largest absolute Gasteiger partial charge is 0.480 e. The summed E-state index contributed by atoms with van der Waals surface area (Å²) in [6.07, 6.45) is 0. The van der Waals surface area contributed by atoms with E-state index in [-0.39, 0.29) is 23.7 Å². The van der Waals surface area contributed by atoms with E-state index in [4.69, 9.17) is 5.11 Å². The molecule has 0 bridgehead atoms. The number of carboxylic acids is 1. The van der Waals surface area contributed by atoms with E-state index < -0.39 is 5.97 Å². The highest BCUT2D eigenvalue weighted by molar-refractivity contribution is 7.99. The topological polar surface area (TPSA) is 110 Å². The van der Waals surface area contributed by atoms with E-state index in [1.165, 1.54) is 0 Å². The first-order valence-electron chi connectivity index (χ1n) is 5.20. The van der Waals surface area contributed by atoms with Gasteiger partial charge in [0.05, 0.1) is 5.75 Å². The average Bonchev–Trinajstić information content (AvgIpc) is 2.58. The van der Waals surface area contributed by atoms with E-state index in [2.05, 4.69) is 20.8 Å². The van der Waals surface area contributed by atoms with E-state index in [1.54, 1.807) is 0 Å². The third kappa shape index (κ3) is 5.13. The molecule has 0 radical (unpaired) electrons. The van der Waals surface area contributed by atoms with Crippen LogP contribution in [0.1, 0.15) is 20.8 Å².